The predicted molar refractivity (Wildman–Crippen MR) is 191 cm³/mol. The number of nitrogens with one attached hydrogen (secondary N) is 2. The molecule has 6 rings (SSSR count). The summed E-state index contributed by atoms with van der Waals surface area (Å²) in [5.74, 6) is -2.56. The van der Waals surface area contributed by atoms with E-state index in [1.807, 2.05) is 85.8 Å². The molecule has 0 unspecified atom stereocenters. The van der Waals surface area contributed by atoms with Gasteiger partial charge in [0.1, 0.15) is 22.9 Å². The fourth-order valence-electron chi connectivity index (χ4n) is 6.50. The SMILES string of the molecule is COc1ccc(C(NC2=N[C@](C)(c3ccc(Nc4cc(C)ccc4F)cc3)C(F)(F)C(C)(C)O2)(c2ccccc2)c2ccc(OC)cc2)cc1. The number of alkyl halides is 2. The van der Waals surface area contributed by atoms with Gasteiger partial charge in [0, 0.05) is 5.69 Å². The third-order valence-corrected chi connectivity index (χ3v) is 9.44. The first kappa shape index (κ1) is 34.4. The normalized spacial score (nSPS) is 18.0. The maximum Gasteiger partial charge on any atom is 0.314 e. The van der Waals surface area contributed by atoms with Crippen LogP contribution in [-0.2, 0) is 15.8 Å². The fourth-order valence-corrected chi connectivity index (χ4v) is 6.50. The van der Waals surface area contributed by atoms with Crippen LogP contribution in [0, 0.1) is 12.7 Å². The number of ether oxygens (including phenoxy) is 3. The van der Waals surface area contributed by atoms with Crippen molar-refractivity contribution in [2.45, 2.75) is 50.3 Å². The molecule has 5 aromatic rings. The van der Waals surface area contributed by atoms with Crippen LogP contribution in [0.1, 0.15) is 48.6 Å². The Morgan fingerprint density at radius 2 is 1.24 bits per heavy atom. The molecule has 0 amide bonds. The molecule has 1 atom stereocenters. The molecule has 0 spiro atoms. The average molecular weight is 680 g/mol. The Labute approximate surface area is 291 Å². The molecular weight excluding hydrogens is 639 g/mol. The molecule has 5 aromatic carbocycles. The molecule has 50 heavy (non-hydrogen) atoms. The van der Waals surface area contributed by atoms with E-state index in [1.165, 1.54) is 26.8 Å². The summed E-state index contributed by atoms with van der Waals surface area (Å²) in [5.41, 5.74) is -0.845. The molecule has 258 valence electrons. The summed E-state index contributed by atoms with van der Waals surface area (Å²) in [6, 6.07) is 35.9. The Morgan fingerprint density at radius 3 is 1.78 bits per heavy atom. The lowest BCUT2D eigenvalue weighted by Crippen LogP contribution is -2.64. The van der Waals surface area contributed by atoms with Gasteiger partial charge in [0.15, 0.2) is 11.1 Å². The van der Waals surface area contributed by atoms with Gasteiger partial charge in [-0.1, -0.05) is 72.8 Å². The molecule has 1 aliphatic heterocycles. The van der Waals surface area contributed by atoms with Crippen LogP contribution in [-0.4, -0.2) is 31.8 Å². The fraction of sp³-hybridized carbons (Fsp3) is 0.244. The number of halogens is 3. The van der Waals surface area contributed by atoms with E-state index in [9.17, 15) is 4.39 Å². The van der Waals surface area contributed by atoms with E-state index in [4.69, 9.17) is 19.2 Å². The Balaban J connectivity index is 1.50. The van der Waals surface area contributed by atoms with Crippen LogP contribution in [0.3, 0.4) is 0 Å². The lowest BCUT2D eigenvalue weighted by molar-refractivity contribution is -0.208. The van der Waals surface area contributed by atoms with E-state index in [2.05, 4.69) is 10.6 Å². The molecule has 0 aromatic heterocycles. The number of anilines is 2. The minimum Gasteiger partial charge on any atom is -0.497 e. The van der Waals surface area contributed by atoms with Crippen LogP contribution in [0.25, 0.3) is 0 Å². The van der Waals surface area contributed by atoms with Gasteiger partial charge in [0.05, 0.1) is 19.9 Å². The molecule has 2 N–H and O–H groups in total. The third kappa shape index (κ3) is 6.01. The molecule has 0 saturated carbocycles. The number of aryl methyl sites for hydroxylation is 1. The number of rotatable bonds is 9. The van der Waals surface area contributed by atoms with Gasteiger partial charge >= 0.3 is 5.92 Å². The number of nitrogens with zero attached hydrogens (tertiary/aromatic N) is 1. The molecule has 1 heterocycles. The summed E-state index contributed by atoms with van der Waals surface area (Å²) in [5, 5.41) is 6.58. The third-order valence-electron chi connectivity index (χ3n) is 9.44. The predicted octanol–water partition coefficient (Wildman–Crippen LogP) is 9.49. The largest absolute Gasteiger partial charge is 0.497 e. The van der Waals surface area contributed by atoms with Gasteiger partial charge in [-0.25, -0.2) is 9.38 Å². The van der Waals surface area contributed by atoms with Crippen molar-refractivity contribution in [2.24, 2.45) is 4.99 Å². The number of amidine groups is 1. The van der Waals surface area contributed by atoms with E-state index in [1.54, 1.807) is 50.6 Å². The van der Waals surface area contributed by atoms with E-state index >= 15 is 8.78 Å². The van der Waals surface area contributed by atoms with Crippen molar-refractivity contribution in [2.75, 3.05) is 19.5 Å². The van der Waals surface area contributed by atoms with Crippen LogP contribution in [0.2, 0.25) is 0 Å². The van der Waals surface area contributed by atoms with Crippen LogP contribution in [0.15, 0.2) is 126 Å². The highest BCUT2D eigenvalue weighted by molar-refractivity contribution is 5.79. The topological polar surface area (TPSA) is 64.1 Å². The monoisotopic (exact) mass is 679 g/mol. The number of hydrogen-bond donors (Lipinski definition) is 2. The molecule has 0 aliphatic carbocycles. The molecule has 0 radical (unpaired) electrons. The molecule has 1 aliphatic rings. The maximum atomic E-state index is 16.7. The van der Waals surface area contributed by atoms with Crippen molar-refractivity contribution in [3.8, 4) is 11.5 Å². The zero-order chi connectivity index (χ0) is 35.7. The van der Waals surface area contributed by atoms with Crippen molar-refractivity contribution in [3.05, 3.63) is 155 Å². The van der Waals surface area contributed by atoms with Crippen LogP contribution < -0.4 is 20.1 Å². The van der Waals surface area contributed by atoms with Crippen molar-refractivity contribution < 1.29 is 27.4 Å². The molecular formula is C41H40F3N3O3. The Morgan fingerprint density at radius 1 is 0.700 bits per heavy atom. The minimum atomic E-state index is -3.46. The van der Waals surface area contributed by atoms with Crippen molar-refractivity contribution in [3.63, 3.8) is 0 Å². The summed E-state index contributed by atoms with van der Waals surface area (Å²) < 4.78 is 64.8. The number of methoxy groups -OCH3 is 2. The molecule has 0 saturated heterocycles. The van der Waals surface area contributed by atoms with Crippen LogP contribution >= 0.6 is 0 Å². The summed E-state index contributed by atoms with van der Waals surface area (Å²) in [7, 11) is 3.19. The summed E-state index contributed by atoms with van der Waals surface area (Å²) in [4.78, 5) is 4.70. The second kappa shape index (κ2) is 13.1. The van der Waals surface area contributed by atoms with Gasteiger partial charge < -0.3 is 24.8 Å². The highest BCUT2D eigenvalue weighted by Crippen LogP contribution is 2.52. The Hall–Kier alpha value is -5.44. The van der Waals surface area contributed by atoms with Gasteiger partial charge in [0.25, 0.3) is 6.02 Å². The summed E-state index contributed by atoms with van der Waals surface area (Å²) >= 11 is 0. The second-order valence-corrected chi connectivity index (χ2v) is 13.1. The second-order valence-electron chi connectivity index (χ2n) is 13.1. The standard InChI is InChI=1S/C41H40F3N3O3/c1-27-12-25-35(42)36(26-27)45-32-19-13-28(14-20-32)39(4)41(43,44)38(2,3)50-37(46-39)47-40(29-10-8-7-9-11-29,30-15-21-33(48-5)22-16-30)31-17-23-34(49-6)24-18-31/h7-26,45H,1-6H3,(H,46,47)/t39-/m1/s1. The van der Waals surface area contributed by atoms with Crippen molar-refractivity contribution in [1.82, 2.24) is 5.32 Å². The first-order valence-corrected chi connectivity index (χ1v) is 16.3. The maximum absolute atomic E-state index is 16.7. The molecule has 6 nitrogen and oxygen atoms in total. The highest BCUT2D eigenvalue weighted by atomic mass is 19.3. The van der Waals surface area contributed by atoms with Gasteiger partial charge in [-0.05, 0) is 104 Å². The van der Waals surface area contributed by atoms with E-state index < -0.39 is 28.4 Å². The minimum absolute atomic E-state index is 0.0667. The summed E-state index contributed by atoms with van der Waals surface area (Å²) in [6.07, 6.45) is 0. The zero-order valence-corrected chi connectivity index (χ0v) is 28.9. The molecule has 9 heteroatoms. The van der Waals surface area contributed by atoms with Crippen LogP contribution in [0.4, 0.5) is 24.5 Å². The van der Waals surface area contributed by atoms with Crippen LogP contribution in [0.5, 0.6) is 11.5 Å². The van der Waals surface area contributed by atoms with Gasteiger partial charge in [0.2, 0.25) is 0 Å². The van der Waals surface area contributed by atoms with E-state index in [-0.39, 0.29) is 11.6 Å². The quantitative estimate of drug-likeness (QED) is 0.152. The van der Waals surface area contributed by atoms with E-state index in [0.29, 0.717) is 22.9 Å². The highest BCUT2D eigenvalue weighted by Gasteiger charge is 2.66. The number of benzene rings is 5. The number of hydrogen-bond acceptors (Lipinski definition) is 6. The average Bonchev–Trinajstić information content (AvgIpc) is 3.12. The molecule has 0 fully saturated rings. The first-order chi connectivity index (χ1) is 23.8. The Bertz CT molecular complexity index is 1930. The van der Waals surface area contributed by atoms with Gasteiger partial charge in [-0.15, -0.1) is 0 Å². The lowest BCUT2D eigenvalue weighted by Gasteiger charge is -2.49. The zero-order valence-electron chi connectivity index (χ0n) is 28.9. The van der Waals surface area contributed by atoms with Crippen molar-refractivity contribution >= 4 is 17.4 Å². The first-order valence-electron chi connectivity index (χ1n) is 16.3. The summed E-state index contributed by atoms with van der Waals surface area (Å²) in [6.45, 7) is 6.00. The van der Waals surface area contributed by atoms with E-state index in [0.717, 1.165) is 22.3 Å². The smallest absolute Gasteiger partial charge is 0.314 e. The lowest BCUT2D eigenvalue weighted by atomic mass is 9.76. The number of aliphatic imine (C=N–C) groups is 1. The van der Waals surface area contributed by atoms with Crippen molar-refractivity contribution in [1.29, 1.82) is 0 Å². The Kier molecular flexibility index (Phi) is 9.03. The van der Waals surface area contributed by atoms with Gasteiger partial charge in [-0.2, -0.15) is 8.78 Å². The molecule has 0 bridgehead atoms. The van der Waals surface area contributed by atoms with Gasteiger partial charge in [-0.3, -0.25) is 0 Å².